The summed E-state index contributed by atoms with van der Waals surface area (Å²) in [5.41, 5.74) is 0.588. The van der Waals surface area contributed by atoms with Crippen LogP contribution < -0.4 is 24.4 Å². The molecule has 2 aromatic rings. The van der Waals surface area contributed by atoms with Gasteiger partial charge in [0.15, 0.2) is 5.82 Å². The first kappa shape index (κ1) is 20.5. The van der Waals surface area contributed by atoms with Gasteiger partial charge in [-0.05, 0) is 25.0 Å². The smallest absolute Gasteiger partial charge is 0.322 e. The Morgan fingerprint density at radius 2 is 2.00 bits per heavy atom. The second kappa shape index (κ2) is 9.31. The van der Waals surface area contributed by atoms with Gasteiger partial charge in [0.25, 0.3) is 5.88 Å². The molecule has 2 amide bonds. The molecular formula is C20H27N5O4. The maximum absolute atomic E-state index is 12.8. The van der Waals surface area contributed by atoms with Gasteiger partial charge in [0.2, 0.25) is 0 Å². The Hall–Kier alpha value is -3.23. The number of carbonyl (C=O) groups is 1. The number of hydrogen-bond acceptors (Lipinski definition) is 7. The number of aromatic nitrogens is 2. The number of benzene rings is 1. The normalized spacial score (nSPS) is 16.1. The van der Waals surface area contributed by atoms with Crippen molar-refractivity contribution < 1.29 is 19.0 Å². The van der Waals surface area contributed by atoms with E-state index in [9.17, 15) is 4.79 Å². The van der Waals surface area contributed by atoms with E-state index in [0.717, 1.165) is 12.8 Å². The number of carbonyl (C=O) groups excluding carboxylic acids is 1. The third-order valence-corrected chi connectivity index (χ3v) is 4.66. The predicted molar refractivity (Wildman–Crippen MR) is 110 cm³/mol. The Morgan fingerprint density at radius 1 is 1.21 bits per heavy atom. The molecule has 9 nitrogen and oxygen atoms in total. The molecule has 1 saturated heterocycles. The second-order valence-corrected chi connectivity index (χ2v) is 6.90. The minimum atomic E-state index is -0.200. The molecule has 9 heteroatoms. The molecule has 0 spiro atoms. The molecule has 1 atom stereocenters. The van der Waals surface area contributed by atoms with Gasteiger partial charge < -0.3 is 29.3 Å². The molecule has 1 aliphatic heterocycles. The largest absolute Gasteiger partial charge is 0.497 e. The van der Waals surface area contributed by atoms with E-state index in [1.165, 1.54) is 0 Å². The van der Waals surface area contributed by atoms with E-state index in [4.69, 9.17) is 14.2 Å². The fraction of sp³-hybridized carbons (Fsp3) is 0.450. The number of amides is 2. The summed E-state index contributed by atoms with van der Waals surface area (Å²) in [6.07, 6.45) is 4.77. The minimum Gasteiger partial charge on any atom is -0.497 e. The molecule has 1 fully saturated rings. The van der Waals surface area contributed by atoms with Crippen molar-refractivity contribution in [2.24, 2.45) is 0 Å². The summed E-state index contributed by atoms with van der Waals surface area (Å²) in [5, 5.41) is 2.91. The van der Waals surface area contributed by atoms with E-state index in [-0.39, 0.29) is 12.1 Å². The summed E-state index contributed by atoms with van der Waals surface area (Å²) >= 11 is 0. The van der Waals surface area contributed by atoms with Gasteiger partial charge in [-0.2, -0.15) is 0 Å². The quantitative estimate of drug-likeness (QED) is 0.796. The Bertz CT molecular complexity index is 845. The summed E-state index contributed by atoms with van der Waals surface area (Å²) in [5.74, 6) is 2.34. The van der Waals surface area contributed by atoms with Crippen LogP contribution in [0, 0.1) is 0 Å². The molecule has 3 rings (SSSR count). The lowest BCUT2D eigenvalue weighted by Gasteiger charge is -2.33. The molecule has 1 unspecified atom stereocenters. The summed E-state index contributed by atoms with van der Waals surface area (Å²) < 4.78 is 16.6. The summed E-state index contributed by atoms with van der Waals surface area (Å²) in [6.45, 7) is 1.12. The zero-order chi connectivity index (χ0) is 20.8. The lowest BCUT2D eigenvalue weighted by molar-refractivity contribution is 0.103. The fourth-order valence-electron chi connectivity index (χ4n) is 3.18. The zero-order valence-electron chi connectivity index (χ0n) is 17.2. The highest BCUT2D eigenvalue weighted by molar-refractivity contribution is 5.91. The van der Waals surface area contributed by atoms with Gasteiger partial charge in [0.05, 0.1) is 26.5 Å². The van der Waals surface area contributed by atoms with Crippen molar-refractivity contribution in [2.75, 3.05) is 51.6 Å². The maximum Gasteiger partial charge on any atom is 0.322 e. The first-order chi connectivity index (χ1) is 14.0. The van der Waals surface area contributed by atoms with Crippen molar-refractivity contribution in [2.45, 2.75) is 18.9 Å². The Kier molecular flexibility index (Phi) is 6.58. The highest BCUT2D eigenvalue weighted by Gasteiger charge is 2.27. The van der Waals surface area contributed by atoms with E-state index in [1.54, 1.807) is 49.7 Å². The van der Waals surface area contributed by atoms with Gasteiger partial charge >= 0.3 is 6.03 Å². The van der Waals surface area contributed by atoms with Crippen molar-refractivity contribution in [1.29, 1.82) is 0 Å². The van der Waals surface area contributed by atoms with Crippen molar-refractivity contribution in [3.05, 3.63) is 30.6 Å². The van der Waals surface area contributed by atoms with Gasteiger partial charge in [-0.1, -0.05) is 0 Å². The molecule has 0 aliphatic carbocycles. The van der Waals surface area contributed by atoms with Crippen molar-refractivity contribution in [3.63, 3.8) is 0 Å². The third-order valence-electron chi connectivity index (χ3n) is 4.66. The van der Waals surface area contributed by atoms with E-state index < -0.39 is 0 Å². The molecule has 0 radical (unpaired) electrons. The SMILES string of the molecule is COc1ccc(NC(=O)N2CCCC(Oc3nccnc3N(C)C)C2)c(OC)c1. The van der Waals surface area contributed by atoms with E-state index in [1.807, 2.05) is 19.0 Å². The lowest BCUT2D eigenvalue weighted by Crippen LogP contribution is -2.46. The van der Waals surface area contributed by atoms with Gasteiger partial charge in [0, 0.05) is 39.1 Å². The number of nitrogens with one attached hydrogen (secondary N) is 1. The molecule has 1 aliphatic rings. The first-order valence-corrected chi connectivity index (χ1v) is 9.44. The Labute approximate surface area is 170 Å². The van der Waals surface area contributed by atoms with Gasteiger partial charge in [-0.15, -0.1) is 0 Å². The maximum atomic E-state index is 12.8. The lowest BCUT2D eigenvalue weighted by atomic mass is 10.1. The predicted octanol–water partition coefficient (Wildman–Crippen LogP) is 2.64. The van der Waals surface area contributed by atoms with Gasteiger partial charge in [-0.25, -0.2) is 14.8 Å². The van der Waals surface area contributed by atoms with Crippen LogP contribution in [0.2, 0.25) is 0 Å². The molecular weight excluding hydrogens is 374 g/mol. The van der Waals surface area contributed by atoms with Crippen molar-refractivity contribution >= 4 is 17.5 Å². The number of rotatable bonds is 6. The molecule has 1 aromatic carbocycles. The van der Waals surface area contributed by atoms with Crippen LogP contribution in [-0.2, 0) is 0 Å². The highest BCUT2D eigenvalue weighted by Crippen LogP contribution is 2.30. The van der Waals surface area contributed by atoms with Crippen LogP contribution in [0.15, 0.2) is 30.6 Å². The van der Waals surface area contributed by atoms with Crippen molar-refractivity contribution in [3.8, 4) is 17.4 Å². The number of likely N-dealkylation sites (tertiary alicyclic amines) is 1. The van der Waals surface area contributed by atoms with Crippen LogP contribution in [0.5, 0.6) is 17.4 Å². The second-order valence-electron chi connectivity index (χ2n) is 6.90. The minimum absolute atomic E-state index is 0.150. The van der Waals surface area contributed by atoms with Gasteiger partial charge in [0.1, 0.15) is 17.6 Å². The summed E-state index contributed by atoms with van der Waals surface area (Å²) in [7, 11) is 6.91. The topological polar surface area (TPSA) is 89.0 Å². The highest BCUT2D eigenvalue weighted by atomic mass is 16.5. The number of nitrogens with zero attached hydrogens (tertiary/aromatic N) is 4. The van der Waals surface area contributed by atoms with Crippen molar-refractivity contribution in [1.82, 2.24) is 14.9 Å². The van der Waals surface area contributed by atoms with Crippen LogP contribution in [-0.4, -0.2) is 68.4 Å². The van der Waals surface area contributed by atoms with E-state index in [0.29, 0.717) is 42.0 Å². The summed E-state index contributed by atoms with van der Waals surface area (Å²) in [6, 6.07) is 5.07. The molecule has 2 heterocycles. The number of urea groups is 1. The average molecular weight is 401 g/mol. The number of ether oxygens (including phenoxy) is 3. The number of hydrogen-bond donors (Lipinski definition) is 1. The molecule has 156 valence electrons. The van der Waals surface area contributed by atoms with Crippen LogP contribution in [0.25, 0.3) is 0 Å². The van der Waals surface area contributed by atoms with Crippen LogP contribution in [0.3, 0.4) is 0 Å². The number of methoxy groups -OCH3 is 2. The molecule has 1 aromatic heterocycles. The zero-order valence-corrected chi connectivity index (χ0v) is 17.2. The molecule has 29 heavy (non-hydrogen) atoms. The summed E-state index contributed by atoms with van der Waals surface area (Å²) in [4.78, 5) is 25.0. The first-order valence-electron chi connectivity index (χ1n) is 9.44. The van der Waals surface area contributed by atoms with E-state index >= 15 is 0 Å². The fourth-order valence-corrected chi connectivity index (χ4v) is 3.18. The molecule has 0 saturated carbocycles. The van der Waals surface area contributed by atoms with Crippen LogP contribution >= 0.6 is 0 Å². The Morgan fingerprint density at radius 3 is 2.72 bits per heavy atom. The average Bonchev–Trinajstić information content (AvgIpc) is 2.74. The standard InChI is InChI=1S/C20H27N5O4/c1-24(2)18-19(22-10-9-21-18)29-15-6-5-11-25(13-15)20(26)23-16-8-7-14(27-3)12-17(16)28-4/h7-10,12,15H,5-6,11,13H2,1-4H3,(H,23,26). The number of anilines is 2. The monoisotopic (exact) mass is 401 g/mol. The third kappa shape index (κ3) is 4.98. The molecule has 0 bridgehead atoms. The Balaban J connectivity index is 1.66. The van der Waals surface area contributed by atoms with Crippen LogP contribution in [0.4, 0.5) is 16.3 Å². The van der Waals surface area contributed by atoms with E-state index in [2.05, 4.69) is 15.3 Å². The molecule has 1 N–H and O–H groups in total. The van der Waals surface area contributed by atoms with Gasteiger partial charge in [-0.3, -0.25) is 0 Å². The number of piperidine rings is 1. The van der Waals surface area contributed by atoms with Crippen LogP contribution in [0.1, 0.15) is 12.8 Å².